The molecule has 0 aliphatic carbocycles. The molecule has 3 aromatic carbocycles. The molecule has 0 unspecified atom stereocenters. The average molecular weight is 594 g/mol. The molecule has 206 valence electrons. The fourth-order valence-electron chi connectivity index (χ4n) is 5.01. The summed E-state index contributed by atoms with van der Waals surface area (Å²) in [6.07, 6.45) is 0.449. The van der Waals surface area contributed by atoms with Crippen LogP contribution in [0.25, 0.3) is 0 Å². The summed E-state index contributed by atoms with van der Waals surface area (Å²) in [5.41, 5.74) is 0. The summed E-state index contributed by atoms with van der Waals surface area (Å²) < 4.78 is 21.7. The van der Waals surface area contributed by atoms with Crippen molar-refractivity contribution in [3.8, 4) is 0 Å². The van der Waals surface area contributed by atoms with Crippen LogP contribution in [0.4, 0.5) is 0 Å². The Morgan fingerprint density at radius 3 is 1.10 bits per heavy atom. The van der Waals surface area contributed by atoms with Crippen molar-refractivity contribution in [1.82, 2.24) is 4.90 Å². The Morgan fingerprint density at radius 2 is 0.821 bits per heavy atom. The number of hydrogen-bond donors (Lipinski definition) is 0. The Labute approximate surface area is 236 Å². The Hall–Kier alpha value is -2.45. The van der Waals surface area contributed by atoms with Crippen molar-refractivity contribution in [2.75, 3.05) is 6.17 Å². The van der Waals surface area contributed by atoms with Gasteiger partial charge in [0.1, 0.15) is 0 Å². The van der Waals surface area contributed by atoms with Crippen LogP contribution in [-0.2, 0) is 21.9 Å². The van der Waals surface area contributed by atoms with E-state index in [9.17, 15) is 9.59 Å². The van der Waals surface area contributed by atoms with Crippen LogP contribution in [0.2, 0.25) is 39.3 Å². The summed E-state index contributed by atoms with van der Waals surface area (Å²) in [6, 6.07) is 30.5. The molecular formula is C29H39NO5Si4. The highest BCUT2D eigenvalue weighted by atomic mass is 28.5. The van der Waals surface area contributed by atoms with E-state index >= 15 is 0 Å². The lowest BCUT2D eigenvalue weighted by Crippen LogP contribution is -2.71. The molecular weight excluding hydrogens is 555 g/mol. The smallest absolute Gasteiger partial charge is 0.411 e. The van der Waals surface area contributed by atoms with Crippen molar-refractivity contribution >= 4 is 61.1 Å². The van der Waals surface area contributed by atoms with E-state index in [1.54, 1.807) is 0 Å². The first kappa shape index (κ1) is 29.5. The molecule has 0 aromatic heterocycles. The number of benzene rings is 3. The molecule has 3 aromatic rings. The minimum atomic E-state index is -3.73. The summed E-state index contributed by atoms with van der Waals surface area (Å²) >= 11 is 0. The molecule has 6 nitrogen and oxygen atoms in total. The number of hydrogen-bond acceptors (Lipinski definition) is 5. The predicted molar refractivity (Wildman–Crippen MR) is 166 cm³/mol. The Balaban J connectivity index is 1.86. The third-order valence-corrected chi connectivity index (χ3v) is 22.9. The highest BCUT2D eigenvalue weighted by molar-refractivity contribution is 6.99. The van der Waals surface area contributed by atoms with Crippen molar-refractivity contribution in [3.05, 3.63) is 91.0 Å². The van der Waals surface area contributed by atoms with Crippen LogP contribution in [-0.4, -0.2) is 56.6 Å². The molecule has 1 aliphatic rings. The van der Waals surface area contributed by atoms with Crippen LogP contribution in [0, 0.1) is 0 Å². The van der Waals surface area contributed by atoms with Crippen molar-refractivity contribution in [2.24, 2.45) is 0 Å². The molecule has 2 amide bonds. The summed E-state index contributed by atoms with van der Waals surface area (Å²) in [4.78, 5) is 27.3. The van der Waals surface area contributed by atoms with Gasteiger partial charge >= 0.3 is 8.80 Å². The van der Waals surface area contributed by atoms with E-state index in [0.29, 0.717) is 0 Å². The van der Waals surface area contributed by atoms with Crippen molar-refractivity contribution in [2.45, 2.75) is 52.1 Å². The standard InChI is InChI=1S/C29H39NO5Si4/c1-36(2,25-16-10-7-11-17-25)33-39(24-30-28(31)22-23-29(30)32,34-37(3,4)26-18-12-8-13-19-26)35-38(5,6)27-20-14-9-15-21-27/h7-21H,22-24H2,1-6H3. The summed E-state index contributed by atoms with van der Waals surface area (Å²) in [6.45, 7) is 12.8. The maximum Gasteiger partial charge on any atom is 0.491 e. The zero-order valence-corrected chi connectivity index (χ0v) is 27.8. The van der Waals surface area contributed by atoms with Gasteiger partial charge in [0.25, 0.3) is 0 Å². The van der Waals surface area contributed by atoms with E-state index in [2.05, 4.69) is 75.7 Å². The number of rotatable bonds is 11. The molecule has 0 N–H and O–H groups in total. The lowest BCUT2D eigenvalue weighted by Gasteiger charge is -2.46. The predicted octanol–water partition coefficient (Wildman–Crippen LogP) is 4.00. The van der Waals surface area contributed by atoms with Crippen molar-refractivity contribution in [3.63, 3.8) is 0 Å². The highest BCUT2D eigenvalue weighted by Crippen LogP contribution is 2.29. The van der Waals surface area contributed by atoms with Crippen LogP contribution in [0.15, 0.2) is 91.0 Å². The zero-order valence-electron chi connectivity index (χ0n) is 23.8. The second kappa shape index (κ2) is 11.6. The minimum Gasteiger partial charge on any atom is -0.411 e. The van der Waals surface area contributed by atoms with Gasteiger partial charge in [0.2, 0.25) is 36.8 Å². The van der Waals surface area contributed by atoms with E-state index < -0.39 is 33.8 Å². The molecule has 0 saturated carbocycles. The monoisotopic (exact) mass is 593 g/mol. The zero-order chi connectivity index (χ0) is 28.3. The number of imide groups is 1. The van der Waals surface area contributed by atoms with E-state index in [4.69, 9.17) is 12.3 Å². The largest absolute Gasteiger partial charge is 0.491 e. The lowest BCUT2D eigenvalue weighted by atomic mass is 10.4. The van der Waals surface area contributed by atoms with Gasteiger partial charge in [0.15, 0.2) is 0 Å². The van der Waals surface area contributed by atoms with E-state index in [1.807, 2.05) is 54.6 Å². The molecule has 0 atom stereocenters. The van der Waals surface area contributed by atoms with Crippen LogP contribution < -0.4 is 15.6 Å². The van der Waals surface area contributed by atoms with Gasteiger partial charge in [-0.15, -0.1) is 0 Å². The first-order valence-electron chi connectivity index (χ1n) is 13.4. The summed E-state index contributed by atoms with van der Waals surface area (Å²) in [5.74, 6) is -0.379. The maximum atomic E-state index is 13.0. The molecule has 0 bridgehead atoms. The van der Waals surface area contributed by atoms with Gasteiger partial charge in [0, 0.05) is 12.8 Å². The van der Waals surface area contributed by atoms with Crippen LogP contribution in [0.3, 0.4) is 0 Å². The quantitative estimate of drug-likeness (QED) is 0.248. The van der Waals surface area contributed by atoms with Crippen LogP contribution >= 0.6 is 0 Å². The van der Waals surface area contributed by atoms with Gasteiger partial charge in [-0.05, 0) is 54.8 Å². The summed E-state index contributed by atoms with van der Waals surface area (Å²) in [5, 5.41) is 3.31. The molecule has 1 saturated heterocycles. The normalized spacial score (nSPS) is 15.2. The van der Waals surface area contributed by atoms with E-state index in [0.717, 1.165) is 15.6 Å². The topological polar surface area (TPSA) is 65.1 Å². The van der Waals surface area contributed by atoms with Crippen molar-refractivity contribution in [1.29, 1.82) is 0 Å². The van der Waals surface area contributed by atoms with Gasteiger partial charge < -0.3 is 12.3 Å². The third-order valence-electron chi connectivity index (χ3n) is 7.15. The number of likely N-dealkylation sites (tertiary alicyclic amines) is 1. The van der Waals surface area contributed by atoms with Gasteiger partial charge in [-0.2, -0.15) is 0 Å². The van der Waals surface area contributed by atoms with Crippen molar-refractivity contribution < 1.29 is 21.9 Å². The van der Waals surface area contributed by atoms with E-state index in [1.165, 1.54) is 4.90 Å². The van der Waals surface area contributed by atoms with Crippen LogP contribution in [0.5, 0.6) is 0 Å². The van der Waals surface area contributed by atoms with Gasteiger partial charge in [-0.25, -0.2) is 0 Å². The number of carbonyl (C=O) groups is 2. The first-order valence-corrected chi connectivity index (χ1v) is 24.1. The van der Waals surface area contributed by atoms with Gasteiger partial charge in [-0.3, -0.25) is 14.5 Å². The molecule has 4 rings (SSSR count). The third kappa shape index (κ3) is 7.01. The SMILES string of the molecule is C[Si](C)(O[Si](CN1C(=O)CCC1=O)(O[Si](C)(C)c1ccccc1)O[Si](C)(C)c1ccccc1)c1ccccc1. The fourth-order valence-corrected chi connectivity index (χ4v) is 21.9. The van der Waals surface area contributed by atoms with Crippen LogP contribution in [0.1, 0.15) is 12.8 Å². The Kier molecular flexibility index (Phi) is 8.76. The molecule has 10 heteroatoms. The highest BCUT2D eigenvalue weighted by Gasteiger charge is 2.56. The summed E-state index contributed by atoms with van der Waals surface area (Å²) in [7, 11) is -11.6. The van der Waals surface area contributed by atoms with Gasteiger partial charge in [0.05, 0.1) is 6.17 Å². The van der Waals surface area contributed by atoms with Gasteiger partial charge in [-0.1, -0.05) is 91.0 Å². The van der Waals surface area contributed by atoms with E-state index in [-0.39, 0.29) is 30.8 Å². The number of carbonyl (C=O) groups excluding carboxylic acids is 2. The Morgan fingerprint density at radius 1 is 0.538 bits per heavy atom. The molecule has 39 heavy (non-hydrogen) atoms. The average Bonchev–Trinajstić information content (AvgIpc) is 3.21. The molecule has 0 radical (unpaired) electrons. The molecule has 1 aliphatic heterocycles. The second-order valence-corrected chi connectivity index (χ2v) is 26.4. The minimum absolute atomic E-state index is 0.0282. The molecule has 0 spiro atoms. The number of amides is 2. The first-order chi connectivity index (χ1) is 18.3. The number of nitrogens with zero attached hydrogens (tertiary/aromatic N) is 1. The lowest BCUT2D eigenvalue weighted by molar-refractivity contribution is -0.138. The Bertz CT molecular complexity index is 1140. The molecule has 1 fully saturated rings. The second-order valence-electron chi connectivity index (χ2n) is 11.5. The fraction of sp³-hybridized carbons (Fsp3) is 0.310. The maximum absolute atomic E-state index is 13.0. The molecule has 1 heterocycles.